The second kappa shape index (κ2) is 13.1. The third-order valence-corrected chi connectivity index (χ3v) is 6.64. The van der Waals surface area contributed by atoms with E-state index < -0.39 is 12.0 Å². The van der Waals surface area contributed by atoms with E-state index in [1.54, 1.807) is 47.3 Å². The number of halogens is 1. The van der Waals surface area contributed by atoms with Crippen molar-refractivity contribution >= 4 is 40.9 Å². The molecule has 1 aliphatic heterocycles. The maximum absolute atomic E-state index is 12.5. The van der Waals surface area contributed by atoms with Gasteiger partial charge >= 0.3 is 12.0 Å². The molecule has 3 amide bonds. The Morgan fingerprint density at radius 2 is 1.85 bits per heavy atom. The van der Waals surface area contributed by atoms with E-state index in [1.807, 2.05) is 19.2 Å². The third kappa shape index (κ3) is 7.95. The van der Waals surface area contributed by atoms with E-state index in [2.05, 4.69) is 25.9 Å². The Labute approximate surface area is 231 Å². The number of nitrogens with one attached hydrogen (secondary N) is 3. The van der Waals surface area contributed by atoms with Crippen molar-refractivity contribution in [3.05, 3.63) is 59.8 Å². The summed E-state index contributed by atoms with van der Waals surface area (Å²) in [5, 5.41) is 21.7. The minimum atomic E-state index is -1.06. The molecule has 0 aliphatic carbocycles. The molecule has 1 aromatic heterocycles. The van der Waals surface area contributed by atoms with Crippen molar-refractivity contribution in [1.82, 2.24) is 20.0 Å². The highest BCUT2D eigenvalue weighted by Crippen LogP contribution is 2.32. The van der Waals surface area contributed by atoms with E-state index >= 15 is 0 Å². The highest BCUT2D eigenvalue weighted by atomic mass is 35.5. The number of benzene rings is 2. The van der Waals surface area contributed by atoms with Gasteiger partial charge in [0.05, 0.1) is 11.6 Å². The van der Waals surface area contributed by atoms with Gasteiger partial charge in [0, 0.05) is 48.3 Å². The fourth-order valence-electron chi connectivity index (χ4n) is 4.46. The van der Waals surface area contributed by atoms with Crippen LogP contribution in [0.1, 0.15) is 12.8 Å². The number of carbonyl (C=O) groups is 3. The first kappa shape index (κ1) is 27.9. The first-order valence-electron chi connectivity index (χ1n) is 12.6. The molecule has 4 rings (SSSR count). The topological polar surface area (TPSA) is 138 Å². The molecule has 39 heavy (non-hydrogen) atoms. The molecule has 1 aliphatic rings. The van der Waals surface area contributed by atoms with E-state index in [-0.39, 0.29) is 18.4 Å². The van der Waals surface area contributed by atoms with Gasteiger partial charge in [-0.2, -0.15) is 5.10 Å². The van der Waals surface area contributed by atoms with Crippen molar-refractivity contribution in [3.8, 4) is 17.0 Å². The van der Waals surface area contributed by atoms with E-state index in [9.17, 15) is 14.4 Å². The number of amides is 3. The number of aromatic nitrogens is 2. The quantitative estimate of drug-likeness (QED) is 0.300. The summed E-state index contributed by atoms with van der Waals surface area (Å²) < 4.78 is 7.89. The molecule has 206 valence electrons. The summed E-state index contributed by atoms with van der Waals surface area (Å²) in [6.07, 6.45) is 3.27. The zero-order valence-electron chi connectivity index (χ0n) is 21.5. The van der Waals surface area contributed by atoms with E-state index in [0.29, 0.717) is 41.8 Å². The van der Waals surface area contributed by atoms with Crippen LogP contribution in [0.3, 0.4) is 0 Å². The van der Waals surface area contributed by atoms with Gasteiger partial charge in [0.1, 0.15) is 18.9 Å². The molecule has 1 unspecified atom stereocenters. The SMILES string of the molecule is Cn1nccc1-c1cc(NC(=O)Nc2ccc(Cl)cc2)ccc1OCCN1CCCC(C(=O)NCC(=O)O)C1. The minimum absolute atomic E-state index is 0.232. The highest BCUT2D eigenvalue weighted by Gasteiger charge is 2.26. The average Bonchev–Trinajstić information content (AvgIpc) is 3.35. The van der Waals surface area contributed by atoms with Gasteiger partial charge in [-0.15, -0.1) is 0 Å². The molecule has 1 atom stereocenters. The molecular formula is C27H31ClN6O5. The number of carboxylic acids is 1. The van der Waals surface area contributed by atoms with Crippen molar-refractivity contribution in [3.63, 3.8) is 0 Å². The molecule has 2 aromatic carbocycles. The molecule has 0 radical (unpaired) electrons. The van der Waals surface area contributed by atoms with Crippen molar-refractivity contribution in [2.75, 3.05) is 43.4 Å². The molecule has 11 nitrogen and oxygen atoms in total. The first-order chi connectivity index (χ1) is 18.8. The maximum Gasteiger partial charge on any atom is 0.323 e. The predicted octanol–water partition coefficient (Wildman–Crippen LogP) is 3.68. The Balaban J connectivity index is 1.38. The lowest BCUT2D eigenvalue weighted by molar-refractivity contribution is -0.138. The lowest BCUT2D eigenvalue weighted by Gasteiger charge is -2.31. The lowest BCUT2D eigenvalue weighted by atomic mass is 9.97. The van der Waals surface area contributed by atoms with Gasteiger partial charge in [-0.1, -0.05) is 11.6 Å². The van der Waals surface area contributed by atoms with Crippen molar-refractivity contribution in [2.24, 2.45) is 13.0 Å². The van der Waals surface area contributed by atoms with Crippen molar-refractivity contribution in [2.45, 2.75) is 12.8 Å². The Morgan fingerprint density at radius 1 is 1.10 bits per heavy atom. The van der Waals surface area contributed by atoms with Crippen LogP contribution in [-0.2, 0) is 16.6 Å². The summed E-state index contributed by atoms with van der Waals surface area (Å²) in [6, 6.07) is 13.7. The fraction of sp³-hybridized carbons (Fsp3) is 0.333. The number of hydrogen-bond acceptors (Lipinski definition) is 6. The van der Waals surface area contributed by atoms with Gasteiger partial charge < -0.3 is 25.8 Å². The van der Waals surface area contributed by atoms with Crippen molar-refractivity contribution < 1.29 is 24.2 Å². The summed E-state index contributed by atoms with van der Waals surface area (Å²) in [4.78, 5) is 37.7. The fourth-order valence-corrected chi connectivity index (χ4v) is 4.59. The number of carbonyl (C=O) groups excluding carboxylic acids is 2. The first-order valence-corrected chi connectivity index (χ1v) is 13.0. The summed E-state index contributed by atoms with van der Waals surface area (Å²) in [6.45, 7) is 2.01. The normalized spacial score (nSPS) is 15.4. The standard InChI is InChI=1S/C27H31ClN6O5/c1-33-23(10-11-30-33)22-15-21(32-27(38)31-20-6-4-19(28)5-7-20)8-9-24(22)39-14-13-34-12-2-3-18(17-34)26(37)29-16-25(35)36/h4-11,15,18H,2-3,12-14,16-17H2,1H3,(H,29,37)(H,35,36)(H2,31,32,38). The Bertz CT molecular complexity index is 1310. The Hall–Kier alpha value is -4.09. The number of likely N-dealkylation sites (tertiary alicyclic amines) is 1. The largest absolute Gasteiger partial charge is 0.492 e. The Morgan fingerprint density at radius 3 is 2.56 bits per heavy atom. The van der Waals surface area contributed by atoms with Gasteiger partial charge in [0.25, 0.3) is 0 Å². The Kier molecular flexibility index (Phi) is 9.40. The summed E-state index contributed by atoms with van der Waals surface area (Å²) in [5.41, 5.74) is 2.78. The maximum atomic E-state index is 12.5. The molecule has 0 saturated carbocycles. The van der Waals surface area contributed by atoms with Crippen LogP contribution in [0.4, 0.5) is 16.2 Å². The van der Waals surface area contributed by atoms with Crippen LogP contribution in [-0.4, -0.2) is 70.5 Å². The average molecular weight is 555 g/mol. The van der Waals surface area contributed by atoms with E-state index in [0.717, 1.165) is 30.6 Å². The number of carboxylic acid groups (broad SMARTS) is 1. The van der Waals surface area contributed by atoms with Gasteiger partial charge in [-0.05, 0) is 67.9 Å². The molecule has 2 heterocycles. The molecule has 4 N–H and O–H groups in total. The minimum Gasteiger partial charge on any atom is -0.492 e. The number of anilines is 2. The third-order valence-electron chi connectivity index (χ3n) is 6.39. The van der Waals surface area contributed by atoms with Crippen LogP contribution in [0, 0.1) is 5.92 Å². The van der Waals surface area contributed by atoms with E-state index in [1.165, 1.54) is 0 Å². The molecule has 12 heteroatoms. The molecule has 1 fully saturated rings. The molecule has 0 spiro atoms. The number of aliphatic carboxylic acids is 1. The number of ether oxygens (including phenoxy) is 1. The van der Waals surface area contributed by atoms with Crippen molar-refractivity contribution in [1.29, 1.82) is 0 Å². The lowest BCUT2D eigenvalue weighted by Crippen LogP contribution is -2.45. The van der Waals surface area contributed by atoms with Gasteiger partial charge in [0.15, 0.2) is 0 Å². The molecule has 0 bridgehead atoms. The number of urea groups is 1. The number of nitrogens with zero attached hydrogens (tertiary/aromatic N) is 3. The van der Waals surface area contributed by atoms with Crippen LogP contribution >= 0.6 is 11.6 Å². The van der Waals surface area contributed by atoms with Crippen LogP contribution in [0.25, 0.3) is 11.3 Å². The monoisotopic (exact) mass is 554 g/mol. The second-order valence-electron chi connectivity index (χ2n) is 9.24. The molecule has 3 aromatic rings. The van der Waals surface area contributed by atoms with Gasteiger partial charge in [-0.25, -0.2) is 4.79 Å². The van der Waals surface area contributed by atoms with Gasteiger partial charge in [-0.3, -0.25) is 19.2 Å². The highest BCUT2D eigenvalue weighted by molar-refractivity contribution is 6.30. The smallest absolute Gasteiger partial charge is 0.323 e. The molecular weight excluding hydrogens is 524 g/mol. The zero-order chi connectivity index (χ0) is 27.8. The van der Waals surface area contributed by atoms with Gasteiger partial charge in [0.2, 0.25) is 5.91 Å². The predicted molar refractivity (Wildman–Crippen MR) is 148 cm³/mol. The zero-order valence-corrected chi connectivity index (χ0v) is 22.3. The summed E-state index contributed by atoms with van der Waals surface area (Å²) in [7, 11) is 1.83. The number of aryl methyl sites for hydroxylation is 1. The number of piperidine rings is 1. The van der Waals surface area contributed by atoms with Crippen LogP contribution in [0.5, 0.6) is 5.75 Å². The number of hydrogen-bond donors (Lipinski definition) is 4. The summed E-state index contributed by atoms with van der Waals surface area (Å²) in [5.74, 6) is -0.899. The summed E-state index contributed by atoms with van der Waals surface area (Å²) >= 11 is 5.91. The van der Waals surface area contributed by atoms with Crippen LogP contribution in [0.2, 0.25) is 5.02 Å². The van der Waals surface area contributed by atoms with Crippen LogP contribution in [0.15, 0.2) is 54.7 Å². The van der Waals surface area contributed by atoms with Crippen LogP contribution < -0.4 is 20.7 Å². The molecule has 1 saturated heterocycles. The second-order valence-corrected chi connectivity index (χ2v) is 9.67. The van der Waals surface area contributed by atoms with E-state index in [4.69, 9.17) is 21.4 Å². The number of rotatable bonds is 10.